The molecule has 0 spiro atoms. The third-order valence-electron chi connectivity index (χ3n) is 3.25. The number of ether oxygens (including phenoxy) is 2. The van der Waals surface area contributed by atoms with Crippen molar-refractivity contribution in [2.24, 2.45) is 0 Å². The van der Waals surface area contributed by atoms with Gasteiger partial charge >= 0.3 is 6.36 Å². The van der Waals surface area contributed by atoms with Crippen molar-refractivity contribution in [3.8, 4) is 17.2 Å². The van der Waals surface area contributed by atoms with Crippen LogP contribution in [0.2, 0.25) is 5.02 Å². The summed E-state index contributed by atoms with van der Waals surface area (Å²) < 4.78 is 47.9. The number of rotatable bonds is 5. The van der Waals surface area contributed by atoms with E-state index in [1.807, 2.05) is 0 Å². The van der Waals surface area contributed by atoms with Gasteiger partial charge in [0.1, 0.15) is 18.1 Å². The standard InChI is InChI=1S/C16H11ClF3N3O2S/c17-10-1-3-11(4-2-10)23-14(21-22-15(23)26)9-24-12-5-7-13(8-6-12)25-16(18,19)20/h1-8H,9H2,(H,22,26). The largest absolute Gasteiger partial charge is 0.573 e. The molecule has 0 amide bonds. The van der Waals surface area contributed by atoms with Gasteiger partial charge in [0.15, 0.2) is 10.6 Å². The maximum absolute atomic E-state index is 12.2. The molecule has 0 aliphatic rings. The van der Waals surface area contributed by atoms with E-state index in [4.69, 9.17) is 28.6 Å². The Morgan fingerprint density at radius 2 is 1.65 bits per heavy atom. The molecule has 2 aromatic carbocycles. The van der Waals surface area contributed by atoms with Crippen LogP contribution >= 0.6 is 23.8 Å². The molecule has 0 radical (unpaired) electrons. The van der Waals surface area contributed by atoms with Gasteiger partial charge < -0.3 is 9.47 Å². The molecule has 0 aliphatic heterocycles. The van der Waals surface area contributed by atoms with Crippen molar-refractivity contribution >= 4 is 23.8 Å². The number of H-pyrrole nitrogens is 1. The Kier molecular flexibility index (Phi) is 5.19. The summed E-state index contributed by atoms with van der Waals surface area (Å²) in [7, 11) is 0. The fraction of sp³-hybridized carbons (Fsp3) is 0.125. The molecule has 0 saturated carbocycles. The van der Waals surface area contributed by atoms with Crippen molar-refractivity contribution in [1.82, 2.24) is 14.8 Å². The summed E-state index contributed by atoms with van der Waals surface area (Å²) in [6.07, 6.45) is -4.73. The molecule has 0 bridgehead atoms. The van der Waals surface area contributed by atoms with Gasteiger partial charge in [-0.2, -0.15) is 5.10 Å². The molecule has 0 fully saturated rings. The summed E-state index contributed by atoms with van der Waals surface area (Å²) in [5.74, 6) is 0.526. The first-order chi connectivity index (χ1) is 12.3. The maximum Gasteiger partial charge on any atom is 0.573 e. The average molecular weight is 402 g/mol. The van der Waals surface area contributed by atoms with Crippen LogP contribution in [0.3, 0.4) is 0 Å². The first-order valence-electron chi connectivity index (χ1n) is 7.23. The lowest BCUT2D eigenvalue weighted by molar-refractivity contribution is -0.274. The van der Waals surface area contributed by atoms with Crippen LogP contribution in [0.15, 0.2) is 48.5 Å². The minimum absolute atomic E-state index is 0.0508. The number of benzene rings is 2. The molecule has 3 rings (SSSR count). The van der Waals surface area contributed by atoms with E-state index in [1.54, 1.807) is 28.8 Å². The van der Waals surface area contributed by atoms with E-state index in [1.165, 1.54) is 24.3 Å². The number of hydrogen-bond acceptors (Lipinski definition) is 4. The zero-order valence-electron chi connectivity index (χ0n) is 13.0. The van der Waals surface area contributed by atoms with E-state index < -0.39 is 6.36 Å². The predicted octanol–water partition coefficient (Wildman–Crippen LogP) is 5.06. The van der Waals surface area contributed by atoms with Crippen molar-refractivity contribution in [2.45, 2.75) is 13.0 Å². The van der Waals surface area contributed by atoms with Crippen LogP contribution in [0.4, 0.5) is 13.2 Å². The number of aromatic nitrogens is 3. The van der Waals surface area contributed by atoms with Crippen molar-refractivity contribution in [1.29, 1.82) is 0 Å². The van der Waals surface area contributed by atoms with Gasteiger partial charge in [0.25, 0.3) is 0 Å². The molecule has 136 valence electrons. The third kappa shape index (κ3) is 4.55. The highest BCUT2D eigenvalue weighted by Gasteiger charge is 2.30. The first kappa shape index (κ1) is 18.3. The second-order valence-electron chi connectivity index (χ2n) is 5.06. The number of nitrogens with zero attached hydrogens (tertiary/aromatic N) is 2. The van der Waals surface area contributed by atoms with Crippen LogP contribution in [0.1, 0.15) is 5.82 Å². The monoisotopic (exact) mass is 401 g/mol. The van der Waals surface area contributed by atoms with E-state index in [0.717, 1.165) is 5.69 Å². The van der Waals surface area contributed by atoms with E-state index in [2.05, 4.69) is 14.9 Å². The lowest BCUT2D eigenvalue weighted by Gasteiger charge is -2.11. The second-order valence-corrected chi connectivity index (χ2v) is 5.89. The minimum Gasteiger partial charge on any atom is -0.486 e. The number of nitrogens with one attached hydrogen (secondary N) is 1. The summed E-state index contributed by atoms with van der Waals surface area (Å²) in [5.41, 5.74) is 0.751. The maximum atomic E-state index is 12.2. The average Bonchev–Trinajstić information content (AvgIpc) is 2.94. The van der Waals surface area contributed by atoms with Crippen LogP contribution in [0.5, 0.6) is 11.5 Å². The molecule has 10 heteroatoms. The van der Waals surface area contributed by atoms with Gasteiger partial charge in [0.2, 0.25) is 0 Å². The van der Waals surface area contributed by atoms with Gasteiger partial charge in [-0.05, 0) is 60.7 Å². The number of hydrogen-bond donors (Lipinski definition) is 1. The van der Waals surface area contributed by atoms with Gasteiger partial charge in [-0.3, -0.25) is 9.67 Å². The Balaban J connectivity index is 1.73. The highest BCUT2D eigenvalue weighted by atomic mass is 35.5. The van der Waals surface area contributed by atoms with Gasteiger partial charge in [0, 0.05) is 10.7 Å². The highest BCUT2D eigenvalue weighted by molar-refractivity contribution is 7.71. The van der Waals surface area contributed by atoms with Gasteiger partial charge in [-0.1, -0.05) is 11.6 Å². The van der Waals surface area contributed by atoms with Crippen LogP contribution < -0.4 is 9.47 Å². The fourth-order valence-corrected chi connectivity index (χ4v) is 2.55. The Labute approximate surface area is 155 Å². The first-order valence-corrected chi connectivity index (χ1v) is 8.01. The lowest BCUT2D eigenvalue weighted by atomic mass is 10.3. The van der Waals surface area contributed by atoms with Gasteiger partial charge in [0.05, 0.1) is 0 Å². The Hall–Kier alpha value is -2.52. The molecule has 1 N–H and O–H groups in total. The Morgan fingerprint density at radius 3 is 2.27 bits per heavy atom. The van der Waals surface area contributed by atoms with Crippen LogP contribution in [0, 0.1) is 4.77 Å². The molecule has 0 saturated heterocycles. The van der Waals surface area contributed by atoms with E-state index in [-0.39, 0.29) is 12.4 Å². The summed E-state index contributed by atoms with van der Waals surface area (Å²) in [6.45, 7) is 0.0508. The molecular weight excluding hydrogens is 391 g/mol. The van der Waals surface area contributed by atoms with Crippen molar-refractivity contribution in [3.63, 3.8) is 0 Å². The number of aromatic amines is 1. The molecule has 26 heavy (non-hydrogen) atoms. The SMILES string of the molecule is FC(F)(F)Oc1ccc(OCc2n[nH]c(=S)n2-c2ccc(Cl)cc2)cc1. The molecular formula is C16H11ClF3N3O2S. The molecule has 5 nitrogen and oxygen atoms in total. The number of halogens is 4. The smallest absolute Gasteiger partial charge is 0.486 e. The zero-order chi connectivity index (χ0) is 18.7. The molecule has 0 atom stereocenters. The van der Waals surface area contributed by atoms with Crippen molar-refractivity contribution in [3.05, 3.63) is 64.1 Å². The summed E-state index contributed by atoms with van der Waals surface area (Å²) in [4.78, 5) is 0. The number of alkyl halides is 3. The Morgan fingerprint density at radius 1 is 1.04 bits per heavy atom. The Bertz CT molecular complexity index is 937. The normalized spacial score (nSPS) is 11.4. The summed E-state index contributed by atoms with van der Waals surface area (Å²) in [6, 6.07) is 12.1. The zero-order valence-corrected chi connectivity index (χ0v) is 14.5. The van der Waals surface area contributed by atoms with Crippen LogP contribution in [-0.4, -0.2) is 21.1 Å². The summed E-state index contributed by atoms with van der Waals surface area (Å²) >= 11 is 11.1. The molecule has 0 aliphatic carbocycles. The van der Waals surface area contributed by atoms with E-state index in [9.17, 15) is 13.2 Å². The van der Waals surface area contributed by atoms with E-state index >= 15 is 0 Å². The molecule has 3 aromatic rings. The van der Waals surface area contributed by atoms with Gasteiger partial charge in [-0.15, -0.1) is 13.2 Å². The highest BCUT2D eigenvalue weighted by Crippen LogP contribution is 2.25. The topological polar surface area (TPSA) is 52.1 Å². The van der Waals surface area contributed by atoms with Crippen LogP contribution in [-0.2, 0) is 6.61 Å². The van der Waals surface area contributed by atoms with E-state index in [0.29, 0.717) is 21.4 Å². The molecule has 1 heterocycles. The fourth-order valence-electron chi connectivity index (χ4n) is 2.17. The molecule has 1 aromatic heterocycles. The predicted molar refractivity (Wildman–Crippen MR) is 91.2 cm³/mol. The summed E-state index contributed by atoms with van der Waals surface area (Å²) in [5, 5.41) is 7.38. The van der Waals surface area contributed by atoms with Gasteiger partial charge in [-0.25, -0.2) is 0 Å². The van der Waals surface area contributed by atoms with Crippen molar-refractivity contribution in [2.75, 3.05) is 0 Å². The second kappa shape index (κ2) is 7.38. The van der Waals surface area contributed by atoms with Crippen LogP contribution in [0.25, 0.3) is 5.69 Å². The molecule has 0 unspecified atom stereocenters. The quantitative estimate of drug-likeness (QED) is 0.607. The minimum atomic E-state index is -4.73. The third-order valence-corrected chi connectivity index (χ3v) is 3.78. The van der Waals surface area contributed by atoms with Crippen molar-refractivity contribution < 1.29 is 22.6 Å². The lowest BCUT2D eigenvalue weighted by Crippen LogP contribution is -2.16.